The second-order valence-corrected chi connectivity index (χ2v) is 9.36. The second kappa shape index (κ2) is 8.21. The van der Waals surface area contributed by atoms with Gasteiger partial charge in [-0.1, -0.05) is 32.9 Å². The number of rotatable bonds is 7. The van der Waals surface area contributed by atoms with Gasteiger partial charge in [0.25, 0.3) is 5.91 Å². The van der Waals surface area contributed by atoms with Crippen LogP contribution in [0.1, 0.15) is 50.7 Å². The number of hydrogen-bond donors (Lipinski definition) is 0. The van der Waals surface area contributed by atoms with Crippen molar-refractivity contribution in [1.82, 2.24) is 4.90 Å². The van der Waals surface area contributed by atoms with Crippen LogP contribution in [-0.4, -0.2) is 49.9 Å². The maximum Gasteiger partial charge on any atom is 0.260 e. The Hall–Kier alpha value is -1.56. The summed E-state index contributed by atoms with van der Waals surface area (Å²) >= 11 is 0. The standard InChI is InChI=1S/C19H29NO4S/c1-5-9-20(16-8-10-25(22,23)13-16)19(21)12-24-18-11-15(4)6-7-17(18)14(2)3/h6-7,11,14,16H,5,8-10,12-13H2,1-4H3. The smallest absolute Gasteiger partial charge is 0.260 e. The molecule has 0 aliphatic carbocycles. The van der Waals surface area contributed by atoms with E-state index in [1.165, 1.54) is 0 Å². The zero-order chi connectivity index (χ0) is 18.6. The fourth-order valence-corrected chi connectivity index (χ4v) is 4.97. The van der Waals surface area contributed by atoms with Gasteiger partial charge in [0.15, 0.2) is 16.4 Å². The van der Waals surface area contributed by atoms with Crippen molar-refractivity contribution in [1.29, 1.82) is 0 Å². The minimum atomic E-state index is -3.02. The Morgan fingerprint density at radius 1 is 1.36 bits per heavy atom. The van der Waals surface area contributed by atoms with Gasteiger partial charge >= 0.3 is 0 Å². The molecule has 0 N–H and O–H groups in total. The highest BCUT2D eigenvalue weighted by Gasteiger charge is 2.34. The molecule has 140 valence electrons. The minimum absolute atomic E-state index is 0.0558. The molecule has 2 rings (SSSR count). The first-order chi connectivity index (χ1) is 11.7. The number of carbonyl (C=O) groups excluding carboxylic acids is 1. The molecule has 1 saturated heterocycles. The van der Waals surface area contributed by atoms with Crippen LogP contribution < -0.4 is 4.74 Å². The van der Waals surface area contributed by atoms with E-state index in [2.05, 4.69) is 13.8 Å². The largest absolute Gasteiger partial charge is 0.483 e. The SMILES string of the molecule is CCCN(C(=O)COc1cc(C)ccc1C(C)C)C1CCS(=O)(=O)C1. The lowest BCUT2D eigenvalue weighted by Gasteiger charge is -2.28. The molecule has 0 bridgehead atoms. The van der Waals surface area contributed by atoms with Crippen molar-refractivity contribution in [2.45, 2.75) is 52.5 Å². The van der Waals surface area contributed by atoms with Crippen LogP contribution in [0.3, 0.4) is 0 Å². The van der Waals surface area contributed by atoms with Crippen LogP contribution in [0.5, 0.6) is 5.75 Å². The van der Waals surface area contributed by atoms with Gasteiger partial charge in [-0.2, -0.15) is 0 Å². The Bertz CT molecular complexity index is 712. The molecule has 1 aromatic carbocycles. The lowest BCUT2D eigenvalue weighted by Crippen LogP contribution is -2.44. The van der Waals surface area contributed by atoms with Crippen LogP contribution in [0.2, 0.25) is 0 Å². The van der Waals surface area contributed by atoms with E-state index in [1.54, 1.807) is 4.90 Å². The van der Waals surface area contributed by atoms with Crippen LogP contribution in [0.4, 0.5) is 0 Å². The zero-order valence-electron chi connectivity index (χ0n) is 15.6. The predicted molar refractivity (Wildman–Crippen MR) is 99.8 cm³/mol. The fraction of sp³-hybridized carbons (Fsp3) is 0.632. The highest BCUT2D eigenvalue weighted by molar-refractivity contribution is 7.91. The summed E-state index contributed by atoms with van der Waals surface area (Å²) in [6, 6.07) is 5.81. The molecule has 1 aliphatic heterocycles. The quantitative estimate of drug-likeness (QED) is 0.743. The fourth-order valence-electron chi connectivity index (χ4n) is 3.24. The van der Waals surface area contributed by atoms with E-state index in [4.69, 9.17) is 4.74 Å². The van der Waals surface area contributed by atoms with E-state index in [0.717, 1.165) is 23.3 Å². The van der Waals surface area contributed by atoms with Gasteiger partial charge in [-0.15, -0.1) is 0 Å². The minimum Gasteiger partial charge on any atom is -0.483 e. The summed E-state index contributed by atoms with van der Waals surface area (Å²) in [5.41, 5.74) is 2.16. The maximum absolute atomic E-state index is 12.7. The Kier molecular flexibility index (Phi) is 6.49. The van der Waals surface area contributed by atoms with Gasteiger partial charge in [0.05, 0.1) is 11.5 Å². The Morgan fingerprint density at radius 3 is 2.64 bits per heavy atom. The van der Waals surface area contributed by atoms with E-state index >= 15 is 0 Å². The lowest BCUT2D eigenvalue weighted by atomic mass is 10.0. The summed E-state index contributed by atoms with van der Waals surface area (Å²) in [7, 11) is -3.02. The summed E-state index contributed by atoms with van der Waals surface area (Å²) in [5, 5.41) is 0. The molecule has 1 unspecified atom stereocenters. The molecule has 1 heterocycles. The van der Waals surface area contributed by atoms with E-state index in [-0.39, 0.29) is 30.1 Å². The molecule has 0 saturated carbocycles. The van der Waals surface area contributed by atoms with Gasteiger partial charge in [0.1, 0.15) is 5.75 Å². The Balaban J connectivity index is 2.08. The van der Waals surface area contributed by atoms with Crippen molar-refractivity contribution in [2.75, 3.05) is 24.7 Å². The average molecular weight is 368 g/mol. The van der Waals surface area contributed by atoms with Gasteiger partial charge in [0, 0.05) is 12.6 Å². The molecule has 0 spiro atoms. The first kappa shape index (κ1) is 19.8. The highest BCUT2D eigenvalue weighted by atomic mass is 32.2. The average Bonchev–Trinajstić information content (AvgIpc) is 2.89. The summed E-state index contributed by atoms with van der Waals surface area (Å²) in [6.07, 6.45) is 1.32. The lowest BCUT2D eigenvalue weighted by molar-refractivity contribution is -0.135. The third kappa shape index (κ3) is 5.21. The van der Waals surface area contributed by atoms with Crippen LogP contribution in [0.25, 0.3) is 0 Å². The highest BCUT2D eigenvalue weighted by Crippen LogP contribution is 2.27. The third-order valence-electron chi connectivity index (χ3n) is 4.58. The van der Waals surface area contributed by atoms with Crippen molar-refractivity contribution < 1.29 is 17.9 Å². The maximum atomic E-state index is 12.7. The number of carbonyl (C=O) groups is 1. The van der Waals surface area contributed by atoms with E-state index in [9.17, 15) is 13.2 Å². The molecular formula is C19H29NO4S. The molecule has 5 nitrogen and oxygen atoms in total. The molecule has 1 aromatic rings. The molecule has 1 aliphatic rings. The molecule has 1 amide bonds. The van der Waals surface area contributed by atoms with Gasteiger partial charge < -0.3 is 9.64 Å². The molecule has 0 radical (unpaired) electrons. The van der Waals surface area contributed by atoms with Crippen LogP contribution >= 0.6 is 0 Å². The Morgan fingerprint density at radius 2 is 2.08 bits per heavy atom. The predicted octanol–water partition coefficient (Wildman–Crippen LogP) is 2.92. The van der Waals surface area contributed by atoms with Crippen molar-refractivity contribution in [3.63, 3.8) is 0 Å². The third-order valence-corrected chi connectivity index (χ3v) is 6.33. The van der Waals surface area contributed by atoms with Gasteiger partial charge in [-0.3, -0.25) is 4.79 Å². The molecule has 1 atom stereocenters. The van der Waals surface area contributed by atoms with Crippen molar-refractivity contribution in [3.05, 3.63) is 29.3 Å². The number of aryl methyl sites for hydroxylation is 1. The summed E-state index contributed by atoms with van der Waals surface area (Å²) < 4.78 is 29.3. The zero-order valence-corrected chi connectivity index (χ0v) is 16.4. The monoisotopic (exact) mass is 367 g/mol. The van der Waals surface area contributed by atoms with E-state index < -0.39 is 9.84 Å². The molecular weight excluding hydrogens is 338 g/mol. The first-order valence-corrected chi connectivity index (χ1v) is 10.8. The van der Waals surface area contributed by atoms with Gasteiger partial charge in [0.2, 0.25) is 0 Å². The number of amides is 1. The number of sulfone groups is 1. The van der Waals surface area contributed by atoms with Gasteiger partial charge in [-0.05, 0) is 42.9 Å². The topological polar surface area (TPSA) is 63.7 Å². The van der Waals surface area contributed by atoms with Crippen molar-refractivity contribution in [2.24, 2.45) is 0 Å². The van der Waals surface area contributed by atoms with Gasteiger partial charge in [-0.25, -0.2) is 8.42 Å². The number of nitrogens with zero attached hydrogens (tertiary/aromatic N) is 1. The summed E-state index contributed by atoms with van der Waals surface area (Å²) in [6.45, 7) is 8.67. The van der Waals surface area contributed by atoms with E-state index in [0.29, 0.717) is 18.9 Å². The normalized spacial score (nSPS) is 19.2. The molecule has 25 heavy (non-hydrogen) atoms. The number of hydrogen-bond acceptors (Lipinski definition) is 4. The Labute approximate surface area is 151 Å². The first-order valence-electron chi connectivity index (χ1n) is 8.96. The van der Waals surface area contributed by atoms with E-state index in [1.807, 2.05) is 32.0 Å². The molecule has 0 aromatic heterocycles. The van der Waals surface area contributed by atoms with Crippen LogP contribution in [0.15, 0.2) is 18.2 Å². The summed E-state index contributed by atoms with van der Waals surface area (Å²) in [5.74, 6) is 1.14. The van der Waals surface area contributed by atoms with Crippen molar-refractivity contribution in [3.8, 4) is 5.75 Å². The van der Waals surface area contributed by atoms with Crippen molar-refractivity contribution >= 4 is 15.7 Å². The summed E-state index contributed by atoms with van der Waals surface area (Å²) in [4.78, 5) is 14.4. The molecule has 1 fully saturated rings. The van der Waals surface area contributed by atoms with Crippen LogP contribution in [0, 0.1) is 6.92 Å². The van der Waals surface area contributed by atoms with Crippen LogP contribution in [-0.2, 0) is 14.6 Å². The second-order valence-electron chi connectivity index (χ2n) is 7.13. The molecule has 6 heteroatoms. The number of benzene rings is 1. The number of ether oxygens (including phenoxy) is 1.